The van der Waals surface area contributed by atoms with Gasteiger partial charge in [-0.1, -0.05) is 18.5 Å². The smallest absolute Gasteiger partial charge is 0.138 e. The van der Waals surface area contributed by atoms with Gasteiger partial charge in [0.2, 0.25) is 0 Å². The number of hydrogen-bond acceptors (Lipinski definition) is 2. The fourth-order valence-corrected chi connectivity index (χ4v) is 1.62. The molecule has 15 heavy (non-hydrogen) atoms. The SMILES string of the molecule is CCCOc1ccc(NC2CC2)cc1Cl. The number of hydrogen-bond donors (Lipinski definition) is 1. The summed E-state index contributed by atoms with van der Waals surface area (Å²) in [6, 6.07) is 6.55. The molecule has 2 nitrogen and oxygen atoms in total. The van der Waals surface area contributed by atoms with Crippen molar-refractivity contribution in [1.82, 2.24) is 0 Å². The molecule has 2 rings (SSSR count). The first-order valence-electron chi connectivity index (χ1n) is 5.48. The second-order valence-electron chi connectivity index (χ2n) is 3.91. The van der Waals surface area contributed by atoms with E-state index in [1.54, 1.807) is 0 Å². The van der Waals surface area contributed by atoms with Crippen LogP contribution in [0.2, 0.25) is 5.02 Å². The fraction of sp³-hybridized carbons (Fsp3) is 0.500. The molecule has 0 unspecified atom stereocenters. The first-order valence-corrected chi connectivity index (χ1v) is 5.86. The van der Waals surface area contributed by atoms with Crippen LogP contribution in [-0.4, -0.2) is 12.6 Å². The molecule has 0 heterocycles. The van der Waals surface area contributed by atoms with Gasteiger partial charge in [-0.15, -0.1) is 0 Å². The Balaban J connectivity index is 2.00. The molecule has 3 heteroatoms. The summed E-state index contributed by atoms with van der Waals surface area (Å²) in [5.74, 6) is 0.778. The number of rotatable bonds is 5. The zero-order chi connectivity index (χ0) is 10.7. The van der Waals surface area contributed by atoms with E-state index in [1.165, 1.54) is 12.8 Å². The lowest BCUT2D eigenvalue weighted by molar-refractivity contribution is 0.317. The summed E-state index contributed by atoms with van der Waals surface area (Å²) in [6.45, 7) is 2.80. The van der Waals surface area contributed by atoms with E-state index in [2.05, 4.69) is 12.2 Å². The average molecular weight is 226 g/mol. The van der Waals surface area contributed by atoms with Gasteiger partial charge in [-0.3, -0.25) is 0 Å². The molecule has 1 N–H and O–H groups in total. The van der Waals surface area contributed by atoms with E-state index in [-0.39, 0.29) is 0 Å². The third-order valence-electron chi connectivity index (χ3n) is 2.34. The lowest BCUT2D eigenvalue weighted by atomic mass is 10.3. The van der Waals surface area contributed by atoms with E-state index in [0.717, 1.165) is 24.5 Å². The second-order valence-corrected chi connectivity index (χ2v) is 4.32. The summed E-state index contributed by atoms with van der Waals surface area (Å²) in [5.41, 5.74) is 1.09. The highest BCUT2D eigenvalue weighted by atomic mass is 35.5. The molecule has 1 aromatic carbocycles. The van der Waals surface area contributed by atoms with Gasteiger partial charge in [0, 0.05) is 11.7 Å². The highest BCUT2D eigenvalue weighted by Gasteiger charge is 2.20. The van der Waals surface area contributed by atoms with Gasteiger partial charge >= 0.3 is 0 Å². The first kappa shape index (κ1) is 10.6. The van der Waals surface area contributed by atoms with Gasteiger partial charge in [-0.2, -0.15) is 0 Å². The van der Waals surface area contributed by atoms with Crippen LogP contribution in [0.5, 0.6) is 5.75 Å². The number of nitrogens with one attached hydrogen (secondary N) is 1. The van der Waals surface area contributed by atoms with Crippen LogP contribution in [0.4, 0.5) is 5.69 Å². The highest BCUT2D eigenvalue weighted by molar-refractivity contribution is 6.32. The van der Waals surface area contributed by atoms with Gasteiger partial charge < -0.3 is 10.1 Å². The zero-order valence-corrected chi connectivity index (χ0v) is 9.68. The van der Waals surface area contributed by atoms with Crippen molar-refractivity contribution in [2.75, 3.05) is 11.9 Å². The van der Waals surface area contributed by atoms with Crippen molar-refractivity contribution in [2.45, 2.75) is 32.2 Å². The monoisotopic (exact) mass is 225 g/mol. The van der Waals surface area contributed by atoms with Crippen LogP contribution >= 0.6 is 11.6 Å². The van der Waals surface area contributed by atoms with Gasteiger partial charge in [-0.25, -0.2) is 0 Å². The molecule has 0 bridgehead atoms. The zero-order valence-electron chi connectivity index (χ0n) is 8.92. The Kier molecular flexibility index (Phi) is 3.37. The van der Waals surface area contributed by atoms with Crippen molar-refractivity contribution in [1.29, 1.82) is 0 Å². The molecule has 0 radical (unpaired) electrons. The highest BCUT2D eigenvalue weighted by Crippen LogP contribution is 2.30. The lowest BCUT2D eigenvalue weighted by Gasteiger charge is -2.09. The summed E-state index contributed by atoms with van der Waals surface area (Å²) in [6.07, 6.45) is 3.54. The maximum absolute atomic E-state index is 6.10. The third kappa shape index (κ3) is 3.03. The van der Waals surface area contributed by atoms with E-state index in [4.69, 9.17) is 16.3 Å². The molecule has 1 aliphatic carbocycles. The van der Waals surface area contributed by atoms with Crippen LogP contribution in [0.3, 0.4) is 0 Å². The van der Waals surface area contributed by atoms with E-state index >= 15 is 0 Å². The maximum Gasteiger partial charge on any atom is 0.138 e. The summed E-state index contributed by atoms with van der Waals surface area (Å²) >= 11 is 6.10. The van der Waals surface area contributed by atoms with Crippen LogP contribution in [0.15, 0.2) is 18.2 Å². The van der Waals surface area contributed by atoms with Crippen LogP contribution < -0.4 is 10.1 Å². The summed E-state index contributed by atoms with van der Waals surface area (Å²) in [4.78, 5) is 0. The Hall–Kier alpha value is -0.890. The molecule has 0 amide bonds. The summed E-state index contributed by atoms with van der Waals surface area (Å²) < 4.78 is 5.50. The molecule has 0 aromatic heterocycles. The first-order chi connectivity index (χ1) is 7.29. The Morgan fingerprint density at radius 2 is 2.27 bits per heavy atom. The molecule has 1 aromatic rings. The van der Waals surface area contributed by atoms with Crippen LogP contribution in [0.1, 0.15) is 26.2 Å². The minimum Gasteiger partial charge on any atom is -0.492 e. The molecule has 1 saturated carbocycles. The molecule has 0 atom stereocenters. The average Bonchev–Trinajstić information content (AvgIpc) is 3.01. The van der Waals surface area contributed by atoms with E-state index in [1.807, 2.05) is 18.2 Å². The molecule has 82 valence electrons. The minimum atomic E-state index is 0.656. The second kappa shape index (κ2) is 4.75. The van der Waals surface area contributed by atoms with Gasteiger partial charge in [0.05, 0.1) is 11.6 Å². The van der Waals surface area contributed by atoms with Crippen LogP contribution in [0, 0.1) is 0 Å². The van der Waals surface area contributed by atoms with Crippen molar-refractivity contribution in [2.24, 2.45) is 0 Å². The summed E-state index contributed by atoms with van der Waals surface area (Å²) in [5, 5.41) is 4.09. The van der Waals surface area contributed by atoms with E-state index in [9.17, 15) is 0 Å². The Morgan fingerprint density at radius 1 is 1.47 bits per heavy atom. The van der Waals surface area contributed by atoms with Gasteiger partial charge in [0.1, 0.15) is 5.75 Å². The van der Waals surface area contributed by atoms with Crippen LogP contribution in [-0.2, 0) is 0 Å². The molecule has 1 aliphatic rings. The molecular formula is C12H16ClNO. The van der Waals surface area contributed by atoms with Crippen LogP contribution in [0.25, 0.3) is 0 Å². The predicted octanol–water partition coefficient (Wildman–Crippen LogP) is 3.70. The van der Waals surface area contributed by atoms with E-state index < -0.39 is 0 Å². The molecule has 0 saturated heterocycles. The van der Waals surface area contributed by atoms with Crippen molar-refractivity contribution < 1.29 is 4.74 Å². The fourth-order valence-electron chi connectivity index (χ4n) is 1.38. The largest absolute Gasteiger partial charge is 0.492 e. The molecule has 1 fully saturated rings. The predicted molar refractivity (Wildman–Crippen MR) is 63.9 cm³/mol. The molecule has 0 aliphatic heterocycles. The number of benzene rings is 1. The minimum absolute atomic E-state index is 0.656. The van der Waals surface area contributed by atoms with Gasteiger partial charge in [0.25, 0.3) is 0 Å². The summed E-state index contributed by atoms with van der Waals surface area (Å²) in [7, 11) is 0. The third-order valence-corrected chi connectivity index (χ3v) is 2.64. The standard InChI is InChI=1S/C12H16ClNO/c1-2-7-15-12-6-5-10(8-11(12)13)14-9-3-4-9/h5-6,8-9,14H,2-4,7H2,1H3. The Morgan fingerprint density at radius 3 is 2.87 bits per heavy atom. The van der Waals surface area contributed by atoms with Crippen molar-refractivity contribution in [3.05, 3.63) is 23.2 Å². The quantitative estimate of drug-likeness (QED) is 0.825. The number of anilines is 1. The van der Waals surface area contributed by atoms with Gasteiger partial charge in [0.15, 0.2) is 0 Å². The number of ether oxygens (including phenoxy) is 1. The van der Waals surface area contributed by atoms with Crippen molar-refractivity contribution in [3.63, 3.8) is 0 Å². The normalized spacial score (nSPS) is 15.1. The molecular weight excluding hydrogens is 210 g/mol. The molecule has 0 spiro atoms. The maximum atomic E-state index is 6.10. The Bertz CT molecular complexity index is 336. The van der Waals surface area contributed by atoms with Crippen molar-refractivity contribution >= 4 is 17.3 Å². The van der Waals surface area contributed by atoms with Gasteiger partial charge in [-0.05, 0) is 37.5 Å². The topological polar surface area (TPSA) is 21.3 Å². The lowest BCUT2D eigenvalue weighted by Crippen LogP contribution is -2.01. The van der Waals surface area contributed by atoms with E-state index in [0.29, 0.717) is 11.1 Å². The van der Waals surface area contributed by atoms with Crippen molar-refractivity contribution in [3.8, 4) is 5.75 Å². The Labute approximate surface area is 95.6 Å². The number of halogens is 1.